The van der Waals surface area contributed by atoms with Gasteiger partial charge in [-0.25, -0.2) is 0 Å². The molecule has 0 aromatic carbocycles. The maximum absolute atomic E-state index is 6.87. The van der Waals surface area contributed by atoms with E-state index in [0.717, 1.165) is 18.3 Å². The Morgan fingerprint density at radius 2 is 1.60 bits per heavy atom. The molecule has 1 saturated heterocycles. The highest BCUT2D eigenvalue weighted by atomic mass is 28.3. The number of rotatable bonds is 3. The van der Waals surface area contributed by atoms with E-state index in [1.807, 2.05) is 6.26 Å². The van der Waals surface area contributed by atoms with Crippen molar-refractivity contribution < 1.29 is 13.9 Å². The van der Waals surface area contributed by atoms with E-state index in [1.54, 1.807) is 0 Å². The van der Waals surface area contributed by atoms with E-state index in [-0.39, 0.29) is 11.0 Å². The molecule has 2 unspecified atom stereocenters. The Morgan fingerprint density at radius 1 is 0.886 bits per heavy atom. The van der Waals surface area contributed by atoms with Crippen molar-refractivity contribution in [3.63, 3.8) is 0 Å². The van der Waals surface area contributed by atoms with Crippen LogP contribution in [0.5, 0.6) is 0 Å². The zero-order chi connectivity index (χ0) is 25.5. The lowest BCUT2D eigenvalue weighted by Gasteiger charge is -2.67. The number of hydrogen-bond acceptors (Lipinski definition) is 3. The molecule has 0 N–H and O–H groups in total. The zero-order valence-electron chi connectivity index (χ0n) is 23.9. The summed E-state index contributed by atoms with van der Waals surface area (Å²) in [4.78, 5) is 0. The van der Waals surface area contributed by atoms with Gasteiger partial charge in [-0.05, 0) is 86.5 Å². The average molecular weight is 499 g/mol. The molecule has 0 bridgehead atoms. The fourth-order valence-electron chi connectivity index (χ4n) is 9.42. The molecular formula is C31H50O3Si. The highest BCUT2D eigenvalue weighted by molar-refractivity contribution is 6.87. The average Bonchev–Trinajstić information content (AvgIpc) is 3.31. The largest absolute Gasteiger partial charge is 0.474 e. The summed E-state index contributed by atoms with van der Waals surface area (Å²) >= 11 is 0. The van der Waals surface area contributed by atoms with Crippen LogP contribution in [0, 0.1) is 34.0 Å². The minimum atomic E-state index is -1.46. The Labute approximate surface area is 215 Å². The third-order valence-corrected chi connectivity index (χ3v) is 12.7. The molecule has 4 fully saturated rings. The van der Waals surface area contributed by atoms with Gasteiger partial charge in [0.2, 0.25) is 0 Å². The highest BCUT2D eigenvalue weighted by Crippen LogP contribution is 2.70. The fourth-order valence-corrected chi connectivity index (χ4v) is 10.4. The molecule has 6 atom stereocenters. The Bertz CT molecular complexity index is 984. The fraction of sp³-hybridized carbons (Fsp3) is 0.806. The van der Waals surface area contributed by atoms with Gasteiger partial charge in [0.15, 0.2) is 5.79 Å². The molecule has 4 heteroatoms. The van der Waals surface area contributed by atoms with Crippen LogP contribution in [0.2, 0.25) is 19.6 Å². The molecule has 196 valence electrons. The molecule has 1 spiro atoms. The van der Waals surface area contributed by atoms with Gasteiger partial charge in [-0.15, -0.1) is 0 Å². The first-order chi connectivity index (χ1) is 16.1. The van der Waals surface area contributed by atoms with Gasteiger partial charge >= 0.3 is 0 Å². The highest BCUT2D eigenvalue weighted by Gasteiger charge is 2.66. The van der Waals surface area contributed by atoms with Crippen molar-refractivity contribution in [2.45, 2.75) is 118 Å². The van der Waals surface area contributed by atoms with Crippen molar-refractivity contribution in [1.29, 1.82) is 0 Å². The summed E-state index contributed by atoms with van der Waals surface area (Å²) in [6.07, 6.45) is 15.9. The van der Waals surface area contributed by atoms with Crippen molar-refractivity contribution in [3.8, 4) is 0 Å². The van der Waals surface area contributed by atoms with E-state index >= 15 is 0 Å². The Balaban J connectivity index is 1.54. The molecule has 1 aromatic rings. The van der Waals surface area contributed by atoms with Crippen LogP contribution in [0.25, 0.3) is 6.08 Å². The molecule has 0 amide bonds. The first-order valence-corrected chi connectivity index (χ1v) is 17.7. The maximum Gasteiger partial charge on any atom is 0.163 e. The van der Waals surface area contributed by atoms with Crippen molar-refractivity contribution in [1.82, 2.24) is 0 Å². The molecule has 2 heterocycles. The molecule has 1 aromatic heterocycles. The molecule has 5 rings (SSSR count). The van der Waals surface area contributed by atoms with Crippen LogP contribution >= 0.6 is 0 Å². The molecule has 35 heavy (non-hydrogen) atoms. The zero-order valence-corrected chi connectivity index (χ0v) is 24.9. The number of fused-ring (bicyclic) bond motifs is 3. The van der Waals surface area contributed by atoms with Gasteiger partial charge in [-0.3, -0.25) is 0 Å². The van der Waals surface area contributed by atoms with E-state index in [0.29, 0.717) is 23.4 Å². The van der Waals surface area contributed by atoms with Crippen molar-refractivity contribution in [2.24, 2.45) is 34.0 Å². The van der Waals surface area contributed by atoms with Gasteiger partial charge in [0.25, 0.3) is 0 Å². The third-order valence-electron chi connectivity index (χ3n) is 10.9. The summed E-state index contributed by atoms with van der Waals surface area (Å²) in [7, 11) is -1.46. The lowest BCUT2D eigenvalue weighted by Crippen LogP contribution is -2.63. The second-order valence-electron chi connectivity index (χ2n) is 15.2. The Kier molecular flexibility index (Phi) is 5.95. The minimum Gasteiger partial charge on any atom is -0.474 e. The van der Waals surface area contributed by atoms with Crippen LogP contribution in [0.1, 0.15) is 92.1 Å². The van der Waals surface area contributed by atoms with E-state index in [4.69, 9.17) is 13.9 Å². The predicted octanol–water partition coefficient (Wildman–Crippen LogP) is 8.02. The minimum absolute atomic E-state index is 0.211. The van der Waals surface area contributed by atoms with Gasteiger partial charge in [0.05, 0.1) is 18.3 Å². The summed E-state index contributed by atoms with van der Waals surface area (Å²) in [5.74, 6) is 1.38. The van der Waals surface area contributed by atoms with Gasteiger partial charge in [0, 0.05) is 11.5 Å². The lowest BCUT2D eigenvalue weighted by atomic mass is 9.38. The standard InChI is InChI=1S/C31H50O3Si/c1-27(2)15-10-16-29(5)23(27)13-17-30(6)24(29)14-18-31(21-33-28(3,4)34-31)25(30)12-11-22-19-26(32-20-22)35(7,8)9/h11-12,19-20,23-25H,10,13-18,21H2,1-9H3/b12-11+/t23?,24?,25-,29-,30+,31+/m0/s1. The summed E-state index contributed by atoms with van der Waals surface area (Å²) in [6.45, 7) is 22.3. The van der Waals surface area contributed by atoms with Gasteiger partial charge < -0.3 is 13.9 Å². The van der Waals surface area contributed by atoms with E-state index in [2.05, 4.69) is 79.4 Å². The van der Waals surface area contributed by atoms with Crippen LogP contribution in [0.3, 0.4) is 0 Å². The Morgan fingerprint density at radius 3 is 2.23 bits per heavy atom. The lowest BCUT2D eigenvalue weighted by molar-refractivity contribution is -0.229. The Hall–Kier alpha value is -0.843. The summed E-state index contributed by atoms with van der Waals surface area (Å²) in [5.41, 5.74) is 2.04. The molecule has 3 nitrogen and oxygen atoms in total. The summed E-state index contributed by atoms with van der Waals surface area (Å²) in [6, 6.07) is 2.27. The normalized spacial score (nSPS) is 42.8. The van der Waals surface area contributed by atoms with Crippen LogP contribution in [-0.4, -0.2) is 26.1 Å². The van der Waals surface area contributed by atoms with Crippen LogP contribution in [-0.2, 0) is 9.47 Å². The molecule has 3 saturated carbocycles. The van der Waals surface area contributed by atoms with Crippen molar-refractivity contribution in [3.05, 3.63) is 24.0 Å². The second-order valence-corrected chi connectivity index (χ2v) is 20.2. The first-order valence-electron chi connectivity index (χ1n) is 14.2. The van der Waals surface area contributed by atoms with E-state index in [1.165, 1.54) is 49.5 Å². The van der Waals surface area contributed by atoms with Crippen molar-refractivity contribution >= 4 is 19.5 Å². The smallest absolute Gasteiger partial charge is 0.163 e. The SMILES string of the molecule is CC1(C)OC[C@@]2(CCC3[C@@]4(C)CCCC(C)(C)C4CC[C@@]3(C)[C@@H]2/C=C/c2coc([Si](C)(C)C)c2)O1. The quantitative estimate of drug-likeness (QED) is 0.395. The first kappa shape index (κ1) is 25.8. The monoisotopic (exact) mass is 498 g/mol. The molecule has 0 radical (unpaired) electrons. The van der Waals surface area contributed by atoms with Gasteiger partial charge in [-0.2, -0.15) is 0 Å². The number of hydrogen-bond donors (Lipinski definition) is 0. The van der Waals surface area contributed by atoms with Crippen LogP contribution in [0.15, 0.2) is 22.8 Å². The molecular weight excluding hydrogens is 448 g/mol. The van der Waals surface area contributed by atoms with E-state index in [9.17, 15) is 0 Å². The van der Waals surface area contributed by atoms with Crippen LogP contribution in [0.4, 0.5) is 0 Å². The second kappa shape index (κ2) is 8.08. The van der Waals surface area contributed by atoms with Gasteiger partial charge in [0.1, 0.15) is 13.7 Å². The predicted molar refractivity (Wildman–Crippen MR) is 147 cm³/mol. The third kappa shape index (κ3) is 4.14. The topological polar surface area (TPSA) is 31.6 Å². The summed E-state index contributed by atoms with van der Waals surface area (Å²) < 4.78 is 19.2. The number of ether oxygens (including phenoxy) is 2. The van der Waals surface area contributed by atoms with Crippen LogP contribution < -0.4 is 5.38 Å². The molecule has 1 aliphatic heterocycles. The molecule has 3 aliphatic carbocycles. The summed E-state index contributed by atoms with van der Waals surface area (Å²) in [5, 5.41) is 1.18. The van der Waals surface area contributed by atoms with Crippen molar-refractivity contribution in [2.75, 3.05) is 6.61 Å². The number of furan rings is 1. The van der Waals surface area contributed by atoms with Gasteiger partial charge in [-0.1, -0.05) is 65.9 Å². The maximum atomic E-state index is 6.87. The molecule has 4 aliphatic rings. The van der Waals surface area contributed by atoms with E-state index < -0.39 is 13.9 Å².